The van der Waals surface area contributed by atoms with E-state index >= 15 is 0 Å². The van der Waals surface area contributed by atoms with E-state index in [0.29, 0.717) is 22.6 Å². The Morgan fingerprint density at radius 1 is 0.882 bits per heavy atom. The number of nitrogens with one attached hydrogen (secondary N) is 1. The monoisotopic (exact) mass is 452 g/mol. The van der Waals surface area contributed by atoms with Crippen LogP contribution in [0.25, 0.3) is 10.8 Å². The Morgan fingerprint density at radius 3 is 2.38 bits per heavy atom. The number of carbonyl (C=O) groups is 2. The molecule has 0 atom stereocenters. The van der Waals surface area contributed by atoms with Gasteiger partial charge in [-0.1, -0.05) is 67.6 Å². The van der Waals surface area contributed by atoms with Crippen molar-refractivity contribution in [3.05, 3.63) is 108 Å². The fraction of sp³-hybridized carbons (Fsp3) is 0.107. The van der Waals surface area contributed by atoms with Gasteiger partial charge in [0.25, 0.3) is 5.91 Å². The average molecular weight is 453 g/mol. The van der Waals surface area contributed by atoms with Crippen molar-refractivity contribution in [3.63, 3.8) is 0 Å². The second kappa shape index (κ2) is 10.9. The third-order valence-electron chi connectivity index (χ3n) is 5.23. The first-order valence-corrected chi connectivity index (χ1v) is 11.0. The van der Waals surface area contributed by atoms with Crippen LogP contribution in [0.1, 0.15) is 28.4 Å². The molecule has 6 nitrogen and oxygen atoms in total. The molecule has 0 fully saturated rings. The maximum atomic E-state index is 12.6. The van der Waals surface area contributed by atoms with E-state index in [9.17, 15) is 9.59 Å². The van der Waals surface area contributed by atoms with Crippen molar-refractivity contribution in [2.75, 3.05) is 6.61 Å². The number of fused-ring (bicyclic) bond motifs is 1. The first-order chi connectivity index (χ1) is 16.6. The molecule has 4 aromatic carbocycles. The molecule has 4 rings (SSSR count). The highest BCUT2D eigenvalue weighted by atomic mass is 16.5. The quantitative estimate of drug-likeness (QED) is 0.174. The molecule has 4 aromatic rings. The number of hydrazone groups is 1. The fourth-order valence-electron chi connectivity index (χ4n) is 3.40. The molecule has 6 heteroatoms. The normalized spacial score (nSPS) is 10.9. The Morgan fingerprint density at radius 2 is 1.62 bits per heavy atom. The van der Waals surface area contributed by atoms with Gasteiger partial charge >= 0.3 is 5.97 Å². The molecule has 0 heterocycles. The molecule has 0 radical (unpaired) electrons. The van der Waals surface area contributed by atoms with Crippen LogP contribution >= 0.6 is 0 Å². The van der Waals surface area contributed by atoms with Gasteiger partial charge in [0.2, 0.25) is 0 Å². The van der Waals surface area contributed by atoms with Gasteiger partial charge in [0.1, 0.15) is 11.5 Å². The van der Waals surface area contributed by atoms with Gasteiger partial charge in [-0.3, -0.25) is 4.79 Å². The summed E-state index contributed by atoms with van der Waals surface area (Å²) in [5, 5.41) is 5.87. The Hall–Kier alpha value is -4.45. The average Bonchev–Trinajstić information content (AvgIpc) is 2.89. The molecule has 1 amide bonds. The lowest BCUT2D eigenvalue weighted by Crippen LogP contribution is -2.24. The maximum Gasteiger partial charge on any atom is 0.343 e. The first-order valence-electron chi connectivity index (χ1n) is 11.0. The lowest BCUT2D eigenvalue weighted by atomic mass is 10.0. The number of benzene rings is 4. The van der Waals surface area contributed by atoms with Crippen molar-refractivity contribution < 1.29 is 19.1 Å². The number of esters is 1. The number of aryl methyl sites for hydroxylation is 1. The standard InChI is InChI=1S/C28H24N2O4/c1-2-20-12-15-23(16-13-20)33-19-27(31)30-29-18-25-24-11-7-6-8-21(24)14-17-26(25)34-28(32)22-9-4-3-5-10-22/h3-18H,2,19H2,1H3,(H,30,31). The summed E-state index contributed by atoms with van der Waals surface area (Å²) in [4.78, 5) is 24.8. The van der Waals surface area contributed by atoms with Gasteiger partial charge in [-0.05, 0) is 53.1 Å². The number of hydrogen-bond donors (Lipinski definition) is 1. The Bertz CT molecular complexity index is 1320. The zero-order valence-electron chi connectivity index (χ0n) is 18.7. The third kappa shape index (κ3) is 5.66. The Kier molecular flexibility index (Phi) is 7.30. The van der Waals surface area contributed by atoms with Gasteiger partial charge in [-0.15, -0.1) is 0 Å². The number of nitrogens with zero attached hydrogens (tertiary/aromatic N) is 1. The van der Waals surface area contributed by atoms with Gasteiger partial charge in [0.05, 0.1) is 11.8 Å². The van der Waals surface area contributed by atoms with Gasteiger partial charge in [-0.25, -0.2) is 10.2 Å². The van der Waals surface area contributed by atoms with E-state index in [1.165, 1.54) is 11.8 Å². The van der Waals surface area contributed by atoms with E-state index in [1.54, 1.807) is 30.3 Å². The summed E-state index contributed by atoms with van der Waals surface area (Å²) in [5.41, 5.74) is 4.68. The molecule has 34 heavy (non-hydrogen) atoms. The molecule has 0 aliphatic rings. The highest BCUT2D eigenvalue weighted by Gasteiger charge is 2.13. The van der Waals surface area contributed by atoms with Crippen molar-refractivity contribution in [2.45, 2.75) is 13.3 Å². The zero-order valence-corrected chi connectivity index (χ0v) is 18.7. The summed E-state index contributed by atoms with van der Waals surface area (Å²) in [6.07, 6.45) is 2.41. The van der Waals surface area contributed by atoms with Crippen LogP contribution in [0.15, 0.2) is 96.1 Å². The number of amides is 1. The van der Waals surface area contributed by atoms with Crippen molar-refractivity contribution >= 4 is 28.9 Å². The molecule has 0 aromatic heterocycles. The molecule has 0 bridgehead atoms. The largest absolute Gasteiger partial charge is 0.484 e. The SMILES string of the molecule is CCc1ccc(OCC(=O)NN=Cc2c(OC(=O)c3ccccc3)ccc3ccccc23)cc1. The lowest BCUT2D eigenvalue weighted by molar-refractivity contribution is -0.123. The minimum atomic E-state index is -0.475. The molecule has 170 valence electrons. The van der Waals surface area contributed by atoms with Crippen LogP contribution in [0.4, 0.5) is 0 Å². The van der Waals surface area contributed by atoms with Crippen LogP contribution in [0.2, 0.25) is 0 Å². The topological polar surface area (TPSA) is 77.0 Å². The van der Waals surface area contributed by atoms with Crippen LogP contribution in [0.5, 0.6) is 11.5 Å². The molecule has 0 aliphatic heterocycles. The van der Waals surface area contributed by atoms with Crippen molar-refractivity contribution in [2.24, 2.45) is 5.10 Å². The number of carbonyl (C=O) groups excluding carboxylic acids is 2. The summed E-state index contributed by atoms with van der Waals surface area (Å²) in [7, 11) is 0. The summed E-state index contributed by atoms with van der Waals surface area (Å²) in [6.45, 7) is 1.90. The van der Waals surface area contributed by atoms with E-state index in [0.717, 1.165) is 17.2 Å². The van der Waals surface area contributed by atoms with Crippen molar-refractivity contribution in [1.82, 2.24) is 5.43 Å². The van der Waals surface area contributed by atoms with Crippen LogP contribution in [0.3, 0.4) is 0 Å². The van der Waals surface area contributed by atoms with E-state index in [1.807, 2.05) is 60.7 Å². The summed E-state index contributed by atoms with van der Waals surface area (Å²) >= 11 is 0. The van der Waals surface area contributed by atoms with E-state index in [4.69, 9.17) is 9.47 Å². The number of ether oxygens (including phenoxy) is 2. The Labute approximate surface area is 197 Å². The van der Waals surface area contributed by atoms with Gasteiger partial charge < -0.3 is 9.47 Å². The summed E-state index contributed by atoms with van der Waals surface area (Å²) < 4.78 is 11.2. The summed E-state index contributed by atoms with van der Waals surface area (Å²) in [5.74, 6) is 0.0780. The number of hydrogen-bond acceptors (Lipinski definition) is 5. The fourth-order valence-corrected chi connectivity index (χ4v) is 3.40. The first kappa shape index (κ1) is 22.7. The minimum Gasteiger partial charge on any atom is -0.484 e. The molecule has 0 saturated heterocycles. The van der Waals surface area contributed by atoms with Crippen LogP contribution in [0, 0.1) is 0 Å². The van der Waals surface area contributed by atoms with E-state index < -0.39 is 11.9 Å². The van der Waals surface area contributed by atoms with Gasteiger partial charge in [-0.2, -0.15) is 5.10 Å². The number of rotatable bonds is 8. The second-order valence-electron chi connectivity index (χ2n) is 7.53. The highest BCUT2D eigenvalue weighted by Crippen LogP contribution is 2.27. The van der Waals surface area contributed by atoms with Gasteiger partial charge in [0.15, 0.2) is 6.61 Å². The summed E-state index contributed by atoms with van der Waals surface area (Å²) in [6, 6.07) is 27.6. The molecular formula is C28H24N2O4. The smallest absolute Gasteiger partial charge is 0.343 e. The van der Waals surface area contributed by atoms with E-state index in [-0.39, 0.29) is 6.61 Å². The minimum absolute atomic E-state index is 0.172. The van der Waals surface area contributed by atoms with Crippen molar-refractivity contribution in [3.8, 4) is 11.5 Å². The van der Waals surface area contributed by atoms with Crippen molar-refractivity contribution in [1.29, 1.82) is 0 Å². The molecule has 0 unspecified atom stereocenters. The third-order valence-corrected chi connectivity index (χ3v) is 5.23. The van der Waals surface area contributed by atoms with Crippen LogP contribution in [-0.4, -0.2) is 24.7 Å². The lowest BCUT2D eigenvalue weighted by Gasteiger charge is -2.10. The van der Waals surface area contributed by atoms with Gasteiger partial charge in [0, 0.05) is 5.56 Å². The Balaban J connectivity index is 1.47. The van der Waals surface area contributed by atoms with Crippen LogP contribution < -0.4 is 14.9 Å². The predicted molar refractivity (Wildman–Crippen MR) is 132 cm³/mol. The highest BCUT2D eigenvalue weighted by molar-refractivity contribution is 6.04. The molecule has 0 spiro atoms. The molecule has 0 saturated carbocycles. The maximum absolute atomic E-state index is 12.6. The molecular weight excluding hydrogens is 428 g/mol. The van der Waals surface area contributed by atoms with Crippen LogP contribution in [-0.2, 0) is 11.2 Å². The second-order valence-corrected chi connectivity index (χ2v) is 7.53. The predicted octanol–water partition coefficient (Wildman–Crippen LogP) is 5.15. The zero-order chi connectivity index (χ0) is 23.8. The molecule has 0 aliphatic carbocycles. The molecule has 1 N–H and O–H groups in total. The van der Waals surface area contributed by atoms with E-state index in [2.05, 4.69) is 17.5 Å².